The number of nitrogens with zero attached hydrogens (tertiary/aromatic N) is 2. The number of rotatable bonds is 23. The summed E-state index contributed by atoms with van der Waals surface area (Å²) in [6, 6.07) is 5.19. The second-order valence-corrected chi connectivity index (χ2v) is 14.1. The largest absolute Gasteiger partial charge is 0.481 e. The number of nitrogens with two attached hydrogens (primary N) is 2. The van der Waals surface area contributed by atoms with E-state index in [1.54, 1.807) is 24.3 Å². The van der Waals surface area contributed by atoms with Crippen molar-refractivity contribution in [2.24, 2.45) is 16.5 Å². The Kier molecular flexibility index (Phi) is 22.7. The summed E-state index contributed by atoms with van der Waals surface area (Å²) in [6.07, 6.45) is 16.0. The quantitative estimate of drug-likeness (QED) is 0.0493. The van der Waals surface area contributed by atoms with Gasteiger partial charge in [-0.3, -0.25) is 33.8 Å². The molecule has 1 fully saturated rings. The van der Waals surface area contributed by atoms with E-state index in [9.17, 15) is 33.9 Å². The molecule has 0 spiro atoms. The van der Waals surface area contributed by atoms with Crippen molar-refractivity contribution in [3.05, 3.63) is 35.9 Å². The number of aliphatic carboxylic acids is 1. The fourth-order valence-corrected chi connectivity index (χ4v) is 6.41. The number of carbonyl (C=O) groups excluding carboxylic acids is 5. The Morgan fingerprint density at radius 3 is 1.89 bits per heavy atom. The van der Waals surface area contributed by atoms with Gasteiger partial charge in [0.1, 0.15) is 18.1 Å². The first-order valence-corrected chi connectivity index (χ1v) is 19.8. The molecule has 0 unspecified atom stereocenters. The van der Waals surface area contributed by atoms with Crippen LogP contribution in [0.5, 0.6) is 0 Å². The SMILES string of the molecule is CCCCCCCCCCCCCCCCN1CC(=O)N[C@@H](CCCN=C(N)N)C(=O)NCC(=O)N[C@@H](CC(=O)O)C(=O)N[C@H](Cc2ccccc2)C1=O. The average molecular weight is 757 g/mol. The summed E-state index contributed by atoms with van der Waals surface area (Å²) in [5.74, 6) is -4.98. The zero-order valence-electron chi connectivity index (χ0n) is 32.1. The van der Waals surface area contributed by atoms with Crippen LogP contribution >= 0.6 is 0 Å². The van der Waals surface area contributed by atoms with Gasteiger partial charge in [-0.25, -0.2) is 0 Å². The summed E-state index contributed by atoms with van der Waals surface area (Å²) in [7, 11) is 0. The molecule has 1 aromatic carbocycles. The topological polar surface area (TPSA) is 238 Å². The molecule has 5 amide bonds. The van der Waals surface area contributed by atoms with E-state index < -0.39 is 66.6 Å². The lowest BCUT2D eigenvalue weighted by molar-refractivity contribution is -0.142. The van der Waals surface area contributed by atoms with E-state index in [1.165, 1.54) is 62.7 Å². The Labute approximate surface area is 320 Å². The number of hydrogen-bond donors (Lipinski definition) is 7. The minimum atomic E-state index is -1.53. The number of aliphatic imine (C=N–C) groups is 1. The van der Waals surface area contributed by atoms with Gasteiger partial charge in [0.05, 0.1) is 19.5 Å². The number of carboxylic acids is 1. The Bertz CT molecular complexity index is 1340. The van der Waals surface area contributed by atoms with Gasteiger partial charge in [-0.15, -0.1) is 0 Å². The lowest BCUT2D eigenvalue weighted by Crippen LogP contribution is -2.57. The van der Waals surface area contributed by atoms with Crippen molar-refractivity contribution in [3.8, 4) is 0 Å². The van der Waals surface area contributed by atoms with Gasteiger partial charge < -0.3 is 42.7 Å². The highest BCUT2D eigenvalue weighted by molar-refractivity contribution is 5.97. The molecule has 302 valence electrons. The summed E-state index contributed by atoms with van der Waals surface area (Å²) in [5.41, 5.74) is 11.6. The van der Waals surface area contributed by atoms with Crippen molar-refractivity contribution in [2.45, 2.75) is 141 Å². The summed E-state index contributed by atoms with van der Waals surface area (Å²) < 4.78 is 0. The van der Waals surface area contributed by atoms with Crippen molar-refractivity contribution < 1.29 is 33.9 Å². The Morgan fingerprint density at radius 1 is 0.741 bits per heavy atom. The molecule has 1 heterocycles. The Hall–Kier alpha value is -4.69. The van der Waals surface area contributed by atoms with Crippen molar-refractivity contribution >= 4 is 41.5 Å². The summed E-state index contributed by atoms with van der Waals surface area (Å²) in [6.45, 7) is 1.68. The molecule has 15 nitrogen and oxygen atoms in total. The third kappa shape index (κ3) is 20.0. The Morgan fingerprint density at radius 2 is 1.31 bits per heavy atom. The molecule has 0 aliphatic carbocycles. The number of guanidine groups is 1. The first-order chi connectivity index (χ1) is 26.0. The number of carboxylic acid groups (broad SMARTS) is 1. The van der Waals surface area contributed by atoms with Gasteiger partial charge in [0.15, 0.2) is 5.96 Å². The lowest BCUT2D eigenvalue weighted by atomic mass is 10.0. The molecule has 0 saturated carbocycles. The second kappa shape index (κ2) is 27.0. The number of unbranched alkanes of at least 4 members (excludes halogenated alkanes) is 13. The van der Waals surface area contributed by atoms with Crippen LogP contribution in [0, 0.1) is 0 Å². The van der Waals surface area contributed by atoms with Gasteiger partial charge in [-0.1, -0.05) is 121 Å². The highest BCUT2D eigenvalue weighted by Gasteiger charge is 2.33. The number of nitrogens with one attached hydrogen (secondary N) is 4. The van der Waals surface area contributed by atoms with Gasteiger partial charge in [-0.05, 0) is 24.8 Å². The number of amides is 5. The average Bonchev–Trinajstić information content (AvgIpc) is 3.13. The zero-order chi connectivity index (χ0) is 39.6. The highest BCUT2D eigenvalue weighted by Crippen LogP contribution is 2.14. The third-order valence-electron chi connectivity index (χ3n) is 9.38. The predicted octanol–water partition coefficient (Wildman–Crippen LogP) is 2.65. The van der Waals surface area contributed by atoms with E-state index in [1.807, 2.05) is 6.07 Å². The summed E-state index contributed by atoms with van der Waals surface area (Å²) in [5, 5.41) is 19.7. The fourth-order valence-electron chi connectivity index (χ4n) is 6.41. The molecule has 0 radical (unpaired) electrons. The first-order valence-electron chi connectivity index (χ1n) is 19.8. The Balaban J connectivity index is 2.20. The van der Waals surface area contributed by atoms with Gasteiger partial charge in [0.25, 0.3) is 0 Å². The van der Waals surface area contributed by atoms with Crippen molar-refractivity contribution in [2.75, 3.05) is 26.2 Å². The molecule has 15 heteroatoms. The molecule has 0 aromatic heterocycles. The second-order valence-electron chi connectivity index (χ2n) is 14.1. The molecule has 3 atom stereocenters. The molecule has 2 rings (SSSR count). The molecule has 0 bridgehead atoms. The van der Waals surface area contributed by atoms with E-state index in [-0.39, 0.29) is 38.4 Å². The van der Waals surface area contributed by atoms with Crippen LogP contribution in [-0.4, -0.2) is 95.8 Å². The standard InChI is InChI=1S/C39H64N8O7/c1-2-3-4-5-6-7-8-9-10-11-12-13-14-18-24-47-28-34(49)44-30(22-19-23-42-39(40)41)36(52)43-27-33(48)45-31(26-35(50)51)37(53)46-32(38(47)54)25-29-20-16-15-17-21-29/h15-17,20-21,30-32H,2-14,18-19,22-28H2,1H3,(H,43,52)(H,44,49)(H,45,48)(H,46,53)(H,50,51)(H4,40,41,42)/t30-,31-,32+/m0/s1. The summed E-state index contributed by atoms with van der Waals surface area (Å²) in [4.78, 5) is 84.2. The van der Waals surface area contributed by atoms with Gasteiger partial charge in [-0.2, -0.15) is 0 Å². The van der Waals surface area contributed by atoms with Crippen molar-refractivity contribution in [1.29, 1.82) is 0 Å². The highest BCUT2D eigenvalue weighted by atomic mass is 16.4. The van der Waals surface area contributed by atoms with Crippen LogP contribution in [0.4, 0.5) is 0 Å². The van der Waals surface area contributed by atoms with Crippen molar-refractivity contribution in [3.63, 3.8) is 0 Å². The normalized spacial score (nSPS) is 18.8. The molecule has 1 saturated heterocycles. The van der Waals surface area contributed by atoms with Gasteiger partial charge in [0, 0.05) is 19.5 Å². The zero-order valence-corrected chi connectivity index (χ0v) is 32.1. The van der Waals surface area contributed by atoms with E-state index in [4.69, 9.17) is 11.5 Å². The molecular formula is C39H64N8O7. The molecule has 1 aromatic rings. The van der Waals surface area contributed by atoms with Crippen LogP contribution in [0.15, 0.2) is 35.3 Å². The van der Waals surface area contributed by atoms with E-state index in [0.29, 0.717) is 12.8 Å². The van der Waals surface area contributed by atoms with Crippen LogP contribution in [0.2, 0.25) is 0 Å². The summed E-state index contributed by atoms with van der Waals surface area (Å²) >= 11 is 0. The fraction of sp³-hybridized carbons (Fsp3) is 0.667. The molecule has 1 aliphatic rings. The number of hydrogen-bond acceptors (Lipinski definition) is 7. The maximum atomic E-state index is 14.3. The van der Waals surface area contributed by atoms with Crippen LogP contribution in [0.1, 0.15) is 122 Å². The van der Waals surface area contributed by atoms with Crippen LogP contribution < -0.4 is 32.7 Å². The smallest absolute Gasteiger partial charge is 0.305 e. The third-order valence-corrected chi connectivity index (χ3v) is 9.38. The van der Waals surface area contributed by atoms with Crippen molar-refractivity contribution in [1.82, 2.24) is 26.2 Å². The van der Waals surface area contributed by atoms with Crippen LogP contribution in [0.3, 0.4) is 0 Å². The molecular weight excluding hydrogens is 692 g/mol. The predicted molar refractivity (Wildman–Crippen MR) is 208 cm³/mol. The molecule has 1 aliphatic heterocycles. The monoisotopic (exact) mass is 756 g/mol. The number of carbonyl (C=O) groups is 6. The minimum absolute atomic E-state index is 0.0590. The van der Waals surface area contributed by atoms with Crippen LogP contribution in [-0.2, 0) is 35.2 Å². The van der Waals surface area contributed by atoms with E-state index in [2.05, 4.69) is 33.2 Å². The maximum Gasteiger partial charge on any atom is 0.305 e. The number of benzene rings is 1. The van der Waals surface area contributed by atoms with E-state index in [0.717, 1.165) is 31.2 Å². The van der Waals surface area contributed by atoms with Crippen LogP contribution in [0.25, 0.3) is 0 Å². The first kappa shape index (κ1) is 45.5. The maximum absolute atomic E-state index is 14.3. The lowest BCUT2D eigenvalue weighted by Gasteiger charge is -2.29. The van der Waals surface area contributed by atoms with Gasteiger partial charge >= 0.3 is 5.97 Å². The molecule has 54 heavy (non-hydrogen) atoms. The van der Waals surface area contributed by atoms with Gasteiger partial charge in [0.2, 0.25) is 29.5 Å². The minimum Gasteiger partial charge on any atom is -0.481 e. The molecule has 9 N–H and O–H groups in total. The van der Waals surface area contributed by atoms with E-state index >= 15 is 0 Å².